The molecule has 1 aliphatic heterocycles. The van der Waals surface area contributed by atoms with Crippen LogP contribution in [0.2, 0.25) is 0 Å². The fourth-order valence-corrected chi connectivity index (χ4v) is 1.60. The number of halogens is 1. The molecule has 98 valence electrons. The van der Waals surface area contributed by atoms with Gasteiger partial charge in [-0.2, -0.15) is 10.9 Å². The molecular formula is C9H11FN4O4. The quantitative estimate of drug-likeness (QED) is 0.592. The van der Waals surface area contributed by atoms with Crippen molar-refractivity contribution < 1.29 is 19.1 Å². The Labute approximate surface area is 100 Å². The minimum Gasteiger partial charge on any atom is -0.468 e. The van der Waals surface area contributed by atoms with Gasteiger partial charge in [-0.25, -0.2) is 9.18 Å². The zero-order valence-corrected chi connectivity index (χ0v) is 9.17. The van der Waals surface area contributed by atoms with Gasteiger partial charge in [0.25, 0.3) is 0 Å². The summed E-state index contributed by atoms with van der Waals surface area (Å²) in [6, 6.07) is 0. The Morgan fingerprint density at radius 3 is 3.00 bits per heavy atom. The monoisotopic (exact) mass is 258 g/mol. The lowest BCUT2D eigenvalue weighted by Crippen LogP contribution is -2.28. The third kappa shape index (κ3) is 2.00. The summed E-state index contributed by atoms with van der Waals surface area (Å²) in [7, 11) is 0. The van der Waals surface area contributed by atoms with Crippen LogP contribution >= 0.6 is 0 Å². The molecule has 0 aromatic carbocycles. The van der Waals surface area contributed by atoms with E-state index in [1.165, 1.54) is 0 Å². The summed E-state index contributed by atoms with van der Waals surface area (Å²) in [6.45, 7) is -0.442. The number of anilines is 1. The fourth-order valence-electron chi connectivity index (χ4n) is 1.60. The highest BCUT2D eigenvalue weighted by molar-refractivity contribution is 5.26. The van der Waals surface area contributed by atoms with Gasteiger partial charge < -0.3 is 20.4 Å². The lowest BCUT2D eigenvalue weighted by atomic mass is 10.3. The van der Waals surface area contributed by atoms with Gasteiger partial charge >= 0.3 is 5.69 Å². The summed E-state index contributed by atoms with van der Waals surface area (Å²) in [5.41, 5.74) is 4.39. The van der Waals surface area contributed by atoms with Gasteiger partial charge in [-0.3, -0.25) is 4.57 Å². The Morgan fingerprint density at radius 2 is 2.44 bits per heavy atom. The molecule has 1 aromatic heterocycles. The maximum Gasteiger partial charge on any atom is 0.352 e. The van der Waals surface area contributed by atoms with Crippen molar-refractivity contribution in [2.24, 2.45) is 5.90 Å². The average Bonchev–Trinajstić information content (AvgIpc) is 2.76. The summed E-state index contributed by atoms with van der Waals surface area (Å²) in [6.07, 6.45) is 0.0852. The Hall–Kier alpha value is -2.13. The van der Waals surface area contributed by atoms with Crippen LogP contribution in [0, 0.1) is 5.82 Å². The minimum absolute atomic E-state index is 0.0807. The molecule has 0 spiro atoms. The first-order chi connectivity index (χ1) is 8.56. The van der Waals surface area contributed by atoms with E-state index in [1.54, 1.807) is 0 Å². The van der Waals surface area contributed by atoms with E-state index in [0.717, 1.165) is 10.8 Å². The van der Waals surface area contributed by atoms with Gasteiger partial charge in [0.15, 0.2) is 29.4 Å². The van der Waals surface area contributed by atoms with Gasteiger partial charge in [0.2, 0.25) is 0 Å². The molecule has 5 N–H and O–H groups in total. The number of aliphatic hydroxyl groups excluding tert-OH is 1. The van der Waals surface area contributed by atoms with E-state index in [1.807, 2.05) is 0 Å². The molecule has 0 bridgehead atoms. The van der Waals surface area contributed by atoms with Crippen molar-refractivity contribution in [2.45, 2.75) is 12.6 Å². The molecule has 18 heavy (non-hydrogen) atoms. The van der Waals surface area contributed by atoms with E-state index in [-0.39, 0.29) is 17.9 Å². The minimum atomic E-state index is -0.874. The smallest absolute Gasteiger partial charge is 0.352 e. The van der Waals surface area contributed by atoms with Gasteiger partial charge in [0.05, 0.1) is 12.6 Å². The Morgan fingerprint density at radius 1 is 1.72 bits per heavy atom. The van der Waals surface area contributed by atoms with Crippen molar-refractivity contribution in [3.05, 3.63) is 34.0 Å². The van der Waals surface area contributed by atoms with E-state index in [4.69, 9.17) is 21.5 Å². The number of aliphatic hydroxyl groups is 1. The van der Waals surface area contributed by atoms with Crippen LogP contribution < -0.4 is 17.3 Å². The topological polar surface area (TPSA) is 126 Å². The number of aromatic nitrogens is 2. The van der Waals surface area contributed by atoms with Crippen LogP contribution in [-0.2, 0) is 9.57 Å². The molecule has 2 heterocycles. The van der Waals surface area contributed by atoms with Gasteiger partial charge in [0, 0.05) is 0 Å². The molecule has 0 unspecified atom stereocenters. The number of hydrogen-bond donors (Lipinski definition) is 3. The first kappa shape index (κ1) is 12.3. The second kappa shape index (κ2) is 4.63. The summed E-state index contributed by atoms with van der Waals surface area (Å²) in [5.74, 6) is 3.93. The highest BCUT2D eigenvalue weighted by Gasteiger charge is 2.29. The Kier molecular flexibility index (Phi) is 3.17. The maximum atomic E-state index is 13.2. The third-order valence-electron chi connectivity index (χ3n) is 2.48. The lowest BCUT2D eigenvalue weighted by molar-refractivity contribution is 0.0585. The number of ether oxygens (including phenoxy) is 1. The van der Waals surface area contributed by atoms with Gasteiger partial charge in [-0.05, 0) is 0 Å². The van der Waals surface area contributed by atoms with Crippen LogP contribution in [-0.4, -0.2) is 21.3 Å². The first-order valence-electron chi connectivity index (χ1n) is 4.97. The Bertz CT molecular complexity index is 540. The van der Waals surface area contributed by atoms with Crippen molar-refractivity contribution in [3.8, 4) is 0 Å². The standard InChI is InChI=1S/C9H11FN4O4/c10-4-2-14(9(16)13-8(4)11)7-1-5(18-12)6(3-15)17-7/h2,7,15H,1,3,12H2,(H2,11,13,16)/t7-/m1/s1. The lowest BCUT2D eigenvalue weighted by Gasteiger charge is -2.14. The van der Waals surface area contributed by atoms with E-state index in [2.05, 4.69) is 9.82 Å². The highest BCUT2D eigenvalue weighted by atomic mass is 19.1. The van der Waals surface area contributed by atoms with Crippen LogP contribution in [0.4, 0.5) is 10.2 Å². The number of nitrogens with zero attached hydrogens (tertiary/aromatic N) is 2. The van der Waals surface area contributed by atoms with Gasteiger partial charge in [-0.15, -0.1) is 0 Å². The van der Waals surface area contributed by atoms with Gasteiger partial charge in [-0.1, -0.05) is 0 Å². The van der Waals surface area contributed by atoms with Crippen LogP contribution in [0.5, 0.6) is 0 Å². The molecular weight excluding hydrogens is 247 g/mol. The van der Waals surface area contributed by atoms with Crippen molar-refractivity contribution in [1.82, 2.24) is 9.55 Å². The zero-order valence-electron chi connectivity index (χ0n) is 9.17. The molecule has 0 saturated carbocycles. The second-order valence-corrected chi connectivity index (χ2v) is 3.56. The summed E-state index contributed by atoms with van der Waals surface area (Å²) in [5, 5.41) is 8.98. The second-order valence-electron chi connectivity index (χ2n) is 3.56. The normalized spacial score (nSPS) is 18.9. The average molecular weight is 258 g/mol. The predicted octanol–water partition coefficient (Wildman–Crippen LogP) is -1.02. The van der Waals surface area contributed by atoms with E-state index in [9.17, 15) is 9.18 Å². The fraction of sp³-hybridized carbons (Fsp3) is 0.333. The van der Waals surface area contributed by atoms with E-state index in [0.29, 0.717) is 0 Å². The molecule has 1 aromatic rings. The largest absolute Gasteiger partial charge is 0.468 e. The molecule has 0 amide bonds. The first-order valence-corrected chi connectivity index (χ1v) is 4.97. The molecule has 0 fully saturated rings. The maximum absolute atomic E-state index is 13.2. The molecule has 1 atom stereocenters. The summed E-state index contributed by atoms with van der Waals surface area (Å²) >= 11 is 0. The summed E-state index contributed by atoms with van der Waals surface area (Å²) in [4.78, 5) is 19.3. The van der Waals surface area contributed by atoms with Crippen molar-refractivity contribution >= 4 is 5.82 Å². The van der Waals surface area contributed by atoms with E-state index < -0.39 is 30.2 Å². The number of hydrogen-bond acceptors (Lipinski definition) is 7. The number of rotatable bonds is 3. The van der Waals surface area contributed by atoms with E-state index >= 15 is 0 Å². The molecule has 0 radical (unpaired) electrons. The van der Waals surface area contributed by atoms with Crippen molar-refractivity contribution in [1.29, 1.82) is 0 Å². The number of nitrogens with two attached hydrogens (primary N) is 2. The Balaban J connectivity index is 2.31. The predicted molar refractivity (Wildman–Crippen MR) is 57.0 cm³/mol. The van der Waals surface area contributed by atoms with Crippen molar-refractivity contribution in [2.75, 3.05) is 12.3 Å². The highest BCUT2D eigenvalue weighted by Crippen LogP contribution is 2.31. The molecule has 1 aliphatic rings. The third-order valence-corrected chi connectivity index (χ3v) is 2.48. The molecule has 8 nitrogen and oxygen atoms in total. The number of nitrogen functional groups attached to an aromatic ring is 1. The van der Waals surface area contributed by atoms with Crippen LogP contribution in [0.1, 0.15) is 12.6 Å². The molecule has 2 rings (SSSR count). The van der Waals surface area contributed by atoms with Gasteiger partial charge in [0.1, 0.15) is 6.61 Å². The van der Waals surface area contributed by atoms with Crippen molar-refractivity contribution in [3.63, 3.8) is 0 Å². The van der Waals surface area contributed by atoms with Crippen LogP contribution in [0.15, 0.2) is 22.5 Å². The molecule has 0 saturated heterocycles. The van der Waals surface area contributed by atoms with Crippen LogP contribution in [0.25, 0.3) is 0 Å². The molecule has 9 heteroatoms. The summed E-state index contributed by atoms with van der Waals surface area (Å²) < 4.78 is 19.4. The van der Waals surface area contributed by atoms with Crippen LogP contribution in [0.3, 0.4) is 0 Å². The molecule has 0 aliphatic carbocycles. The SMILES string of the molecule is NOC1=C(CO)O[C@@H](n2cc(F)c(N)nc2=O)C1. The zero-order chi connectivity index (χ0) is 13.3.